The Hall–Kier alpha value is -2.48. The summed E-state index contributed by atoms with van der Waals surface area (Å²) in [5, 5.41) is 8.08. The van der Waals surface area contributed by atoms with Crippen molar-refractivity contribution in [3.05, 3.63) is 46.6 Å². The molecular formula is C13H15N5O3. The molecule has 0 spiro atoms. The molecule has 0 bridgehead atoms. The number of methoxy groups -OCH3 is 1. The molecule has 0 aliphatic carbocycles. The Bertz CT molecular complexity index is 803. The molecule has 0 amide bonds. The van der Waals surface area contributed by atoms with Crippen LogP contribution in [-0.4, -0.2) is 31.4 Å². The monoisotopic (exact) mass is 289 g/mol. The van der Waals surface area contributed by atoms with Gasteiger partial charge in [-0.25, -0.2) is 9.48 Å². The van der Waals surface area contributed by atoms with E-state index in [1.165, 1.54) is 9.08 Å². The van der Waals surface area contributed by atoms with Crippen LogP contribution in [-0.2, 0) is 17.7 Å². The van der Waals surface area contributed by atoms with Crippen molar-refractivity contribution in [2.24, 2.45) is 0 Å². The van der Waals surface area contributed by atoms with Crippen LogP contribution in [0.5, 0.6) is 0 Å². The second-order valence-electron chi connectivity index (χ2n) is 4.61. The molecule has 110 valence electrons. The van der Waals surface area contributed by atoms with Gasteiger partial charge in [-0.05, 0) is 19.1 Å². The fourth-order valence-electron chi connectivity index (χ4n) is 1.96. The first kappa shape index (κ1) is 13.5. The molecule has 3 rings (SSSR count). The lowest BCUT2D eigenvalue weighted by atomic mass is 10.4. The van der Waals surface area contributed by atoms with Gasteiger partial charge < -0.3 is 9.26 Å². The van der Waals surface area contributed by atoms with Gasteiger partial charge in [0.2, 0.25) is 5.89 Å². The first-order valence-corrected chi connectivity index (χ1v) is 6.58. The molecular weight excluding hydrogens is 274 g/mol. The third-order valence-corrected chi connectivity index (χ3v) is 3.23. The van der Waals surface area contributed by atoms with E-state index in [1.54, 1.807) is 25.4 Å². The molecule has 3 heterocycles. The van der Waals surface area contributed by atoms with Crippen LogP contribution in [0.15, 0.2) is 33.7 Å². The van der Waals surface area contributed by atoms with E-state index in [-0.39, 0.29) is 11.8 Å². The maximum atomic E-state index is 12.1. The molecule has 0 N–H and O–H groups in total. The minimum Gasteiger partial charge on any atom is -0.374 e. The average molecular weight is 289 g/mol. The van der Waals surface area contributed by atoms with Gasteiger partial charge in [-0.3, -0.25) is 4.40 Å². The summed E-state index contributed by atoms with van der Waals surface area (Å²) in [7, 11) is 1.58. The molecule has 21 heavy (non-hydrogen) atoms. The lowest BCUT2D eigenvalue weighted by Crippen LogP contribution is -2.22. The van der Waals surface area contributed by atoms with Crippen molar-refractivity contribution >= 4 is 5.65 Å². The molecule has 0 aromatic carbocycles. The van der Waals surface area contributed by atoms with E-state index < -0.39 is 0 Å². The van der Waals surface area contributed by atoms with Crippen molar-refractivity contribution in [1.82, 2.24) is 24.3 Å². The van der Waals surface area contributed by atoms with Crippen LogP contribution in [0.25, 0.3) is 5.65 Å². The molecule has 0 fully saturated rings. The van der Waals surface area contributed by atoms with Gasteiger partial charge in [0, 0.05) is 19.7 Å². The lowest BCUT2D eigenvalue weighted by molar-refractivity contribution is 0.109. The third-order valence-electron chi connectivity index (χ3n) is 3.23. The van der Waals surface area contributed by atoms with Gasteiger partial charge >= 0.3 is 5.69 Å². The van der Waals surface area contributed by atoms with E-state index in [0.29, 0.717) is 30.3 Å². The van der Waals surface area contributed by atoms with Crippen molar-refractivity contribution < 1.29 is 9.26 Å². The summed E-state index contributed by atoms with van der Waals surface area (Å²) < 4.78 is 13.1. The van der Waals surface area contributed by atoms with Gasteiger partial charge in [0.1, 0.15) is 6.10 Å². The van der Waals surface area contributed by atoms with E-state index in [1.807, 2.05) is 13.0 Å². The Kier molecular flexibility index (Phi) is 3.53. The maximum absolute atomic E-state index is 12.1. The van der Waals surface area contributed by atoms with E-state index in [9.17, 15) is 4.79 Å². The first-order chi connectivity index (χ1) is 10.2. The fourth-order valence-corrected chi connectivity index (χ4v) is 1.96. The maximum Gasteiger partial charge on any atom is 0.350 e. The summed E-state index contributed by atoms with van der Waals surface area (Å²) in [4.78, 5) is 16.3. The van der Waals surface area contributed by atoms with Gasteiger partial charge in [-0.2, -0.15) is 4.98 Å². The summed E-state index contributed by atoms with van der Waals surface area (Å²) in [6.45, 7) is 2.21. The highest BCUT2D eigenvalue weighted by Crippen LogP contribution is 2.11. The van der Waals surface area contributed by atoms with Crippen molar-refractivity contribution in [2.45, 2.75) is 26.0 Å². The molecule has 0 aliphatic heterocycles. The van der Waals surface area contributed by atoms with E-state index in [4.69, 9.17) is 9.26 Å². The normalized spacial score (nSPS) is 12.9. The quantitative estimate of drug-likeness (QED) is 0.691. The topological polar surface area (TPSA) is 87.5 Å². The number of nitrogens with zero attached hydrogens (tertiary/aromatic N) is 5. The van der Waals surface area contributed by atoms with Crippen molar-refractivity contribution in [3.63, 3.8) is 0 Å². The highest BCUT2D eigenvalue weighted by Gasteiger charge is 2.13. The zero-order valence-corrected chi connectivity index (χ0v) is 11.8. The third kappa shape index (κ3) is 2.57. The summed E-state index contributed by atoms with van der Waals surface area (Å²) in [6, 6.07) is 5.41. The Morgan fingerprint density at radius 2 is 2.29 bits per heavy atom. The number of aryl methyl sites for hydroxylation is 2. The summed E-state index contributed by atoms with van der Waals surface area (Å²) in [6.07, 6.45) is 1.90. The van der Waals surface area contributed by atoms with Gasteiger partial charge in [0.25, 0.3) is 0 Å². The van der Waals surface area contributed by atoms with Gasteiger partial charge in [-0.1, -0.05) is 11.2 Å². The lowest BCUT2D eigenvalue weighted by Gasteiger charge is -2.00. The molecule has 0 aliphatic rings. The summed E-state index contributed by atoms with van der Waals surface area (Å²) in [5.41, 5.74) is 0.428. The Balaban J connectivity index is 1.76. The van der Waals surface area contributed by atoms with E-state index >= 15 is 0 Å². The van der Waals surface area contributed by atoms with Crippen LogP contribution in [0.3, 0.4) is 0 Å². The van der Waals surface area contributed by atoms with Gasteiger partial charge in [-0.15, -0.1) is 5.10 Å². The van der Waals surface area contributed by atoms with Crippen LogP contribution in [0, 0.1) is 0 Å². The second kappa shape index (κ2) is 5.49. The van der Waals surface area contributed by atoms with E-state index in [0.717, 1.165) is 0 Å². The zero-order chi connectivity index (χ0) is 14.8. The molecule has 0 saturated heterocycles. The van der Waals surface area contributed by atoms with Crippen molar-refractivity contribution in [1.29, 1.82) is 0 Å². The SMILES string of the molecule is COC(C)c1noc(CCn2nc3ccccn3c2=O)n1. The van der Waals surface area contributed by atoms with Crippen LogP contribution < -0.4 is 5.69 Å². The number of rotatable bonds is 5. The largest absolute Gasteiger partial charge is 0.374 e. The number of hydrogen-bond acceptors (Lipinski definition) is 6. The number of aromatic nitrogens is 5. The van der Waals surface area contributed by atoms with Crippen LogP contribution in [0.1, 0.15) is 24.7 Å². The van der Waals surface area contributed by atoms with Gasteiger partial charge in [0.05, 0.1) is 6.54 Å². The molecule has 1 atom stereocenters. The first-order valence-electron chi connectivity index (χ1n) is 6.58. The molecule has 8 heteroatoms. The number of ether oxygens (including phenoxy) is 1. The molecule has 3 aromatic rings. The smallest absolute Gasteiger partial charge is 0.350 e. The highest BCUT2D eigenvalue weighted by atomic mass is 16.5. The Morgan fingerprint density at radius 1 is 1.43 bits per heavy atom. The summed E-state index contributed by atoms with van der Waals surface area (Å²) in [5.74, 6) is 0.952. The zero-order valence-electron chi connectivity index (χ0n) is 11.8. The standard InChI is InChI=1S/C13H15N5O3/c1-9(20-2)12-14-11(21-16-12)6-8-18-13(19)17-7-4-3-5-10(17)15-18/h3-5,7,9H,6,8H2,1-2H3. The molecule has 8 nitrogen and oxygen atoms in total. The fraction of sp³-hybridized carbons (Fsp3) is 0.385. The minimum atomic E-state index is -0.222. The van der Waals surface area contributed by atoms with E-state index in [2.05, 4.69) is 15.2 Å². The molecule has 1 unspecified atom stereocenters. The number of pyridine rings is 1. The van der Waals surface area contributed by atoms with Crippen LogP contribution >= 0.6 is 0 Å². The van der Waals surface area contributed by atoms with Crippen molar-refractivity contribution in [2.75, 3.05) is 7.11 Å². The second-order valence-corrected chi connectivity index (χ2v) is 4.61. The van der Waals surface area contributed by atoms with Crippen molar-refractivity contribution in [3.8, 4) is 0 Å². The number of fused-ring (bicyclic) bond motifs is 1. The molecule has 0 radical (unpaired) electrons. The van der Waals surface area contributed by atoms with Crippen LogP contribution in [0.2, 0.25) is 0 Å². The Morgan fingerprint density at radius 3 is 3.05 bits per heavy atom. The molecule has 0 saturated carbocycles. The molecule has 3 aromatic heterocycles. The van der Waals surface area contributed by atoms with Crippen LogP contribution in [0.4, 0.5) is 0 Å². The Labute approximate surface area is 120 Å². The minimum absolute atomic E-state index is 0.185. The average Bonchev–Trinajstić information content (AvgIpc) is 3.10. The van der Waals surface area contributed by atoms with Gasteiger partial charge in [0.15, 0.2) is 11.5 Å². The highest BCUT2D eigenvalue weighted by molar-refractivity contribution is 5.35. The summed E-state index contributed by atoms with van der Waals surface area (Å²) >= 11 is 0. The predicted octanol–water partition coefficient (Wildman–Crippen LogP) is 0.829. The predicted molar refractivity (Wildman–Crippen MR) is 72.9 cm³/mol. The number of hydrogen-bond donors (Lipinski definition) is 0.